The van der Waals surface area contributed by atoms with Crippen LogP contribution in [0.1, 0.15) is 33.6 Å². The number of likely N-dealkylation sites (N-methyl/N-ethyl adjacent to an activating group) is 1. The minimum Gasteiger partial charge on any atom is -0.389 e. The predicted molar refractivity (Wildman–Crippen MR) is 59.5 cm³/mol. The van der Waals surface area contributed by atoms with Crippen molar-refractivity contribution in [1.29, 1.82) is 0 Å². The van der Waals surface area contributed by atoms with Crippen LogP contribution in [0.25, 0.3) is 0 Å². The third-order valence-electron chi connectivity index (χ3n) is 2.26. The Morgan fingerprint density at radius 2 is 2.00 bits per heavy atom. The quantitative estimate of drug-likeness (QED) is 0.616. The molecule has 0 aromatic carbocycles. The highest BCUT2D eigenvalue weighted by atomic mass is 16.5. The average Bonchev–Trinajstić information content (AvgIpc) is 2.21. The van der Waals surface area contributed by atoms with Gasteiger partial charge < -0.3 is 14.7 Å². The van der Waals surface area contributed by atoms with Crippen molar-refractivity contribution in [2.24, 2.45) is 0 Å². The first-order valence-corrected chi connectivity index (χ1v) is 5.72. The monoisotopic (exact) mass is 203 g/mol. The molecule has 0 heterocycles. The van der Waals surface area contributed by atoms with Gasteiger partial charge in [-0.1, -0.05) is 20.3 Å². The van der Waals surface area contributed by atoms with E-state index < -0.39 is 0 Å². The van der Waals surface area contributed by atoms with Crippen LogP contribution in [0, 0.1) is 0 Å². The van der Waals surface area contributed by atoms with E-state index in [1.807, 2.05) is 6.92 Å². The van der Waals surface area contributed by atoms with Crippen LogP contribution in [0.5, 0.6) is 0 Å². The number of ether oxygens (including phenoxy) is 1. The molecule has 1 unspecified atom stereocenters. The van der Waals surface area contributed by atoms with Gasteiger partial charge >= 0.3 is 0 Å². The zero-order valence-corrected chi connectivity index (χ0v) is 9.83. The minimum atomic E-state index is -0.341. The third kappa shape index (κ3) is 7.30. The number of nitrogens with zero attached hydrogens (tertiary/aromatic N) is 1. The average molecular weight is 203 g/mol. The molecule has 0 aromatic heterocycles. The molecule has 0 aliphatic carbocycles. The normalized spacial score (nSPS) is 13.5. The number of rotatable bonds is 9. The second-order valence-corrected chi connectivity index (χ2v) is 3.56. The molecular weight excluding hydrogens is 178 g/mol. The van der Waals surface area contributed by atoms with Gasteiger partial charge in [-0.2, -0.15) is 0 Å². The summed E-state index contributed by atoms with van der Waals surface area (Å²) < 4.78 is 5.17. The van der Waals surface area contributed by atoms with E-state index in [-0.39, 0.29) is 6.10 Å². The zero-order valence-electron chi connectivity index (χ0n) is 9.83. The third-order valence-corrected chi connectivity index (χ3v) is 2.26. The van der Waals surface area contributed by atoms with Crippen LogP contribution in [0.2, 0.25) is 0 Å². The van der Waals surface area contributed by atoms with Crippen molar-refractivity contribution in [1.82, 2.24) is 4.90 Å². The van der Waals surface area contributed by atoms with Crippen LogP contribution in [0.3, 0.4) is 0 Å². The fraction of sp³-hybridized carbons (Fsp3) is 1.00. The molecular formula is C11H25NO2. The van der Waals surface area contributed by atoms with E-state index in [0.29, 0.717) is 13.2 Å². The summed E-state index contributed by atoms with van der Waals surface area (Å²) in [6.07, 6.45) is 2.07. The fourth-order valence-corrected chi connectivity index (χ4v) is 1.36. The zero-order chi connectivity index (χ0) is 10.8. The highest BCUT2D eigenvalue weighted by molar-refractivity contribution is 4.62. The molecule has 1 atom stereocenters. The van der Waals surface area contributed by atoms with Crippen LogP contribution in [-0.2, 0) is 4.74 Å². The first-order chi connectivity index (χ1) is 6.74. The largest absolute Gasteiger partial charge is 0.389 e. The van der Waals surface area contributed by atoms with E-state index in [1.165, 1.54) is 12.8 Å². The van der Waals surface area contributed by atoms with E-state index in [1.54, 1.807) is 0 Å². The topological polar surface area (TPSA) is 32.7 Å². The second kappa shape index (κ2) is 9.44. The predicted octanol–water partition coefficient (Wildman–Crippen LogP) is 1.51. The molecule has 0 aliphatic rings. The lowest BCUT2D eigenvalue weighted by Gasteiger charge is -2.23. The maximum Gasteiger partial charge on any atom is 0.0900 e. The molecule has 0 radical (unpaired) electrons. The molecule has 0 saturated carbocycles. The van der Waals surface area contributed by atoms with Gasteiger partial charge in [-0.25, -0.2) is 0 Å². The summed E-state index contributed by atoms with van der Waals surface area (Å²) in [4.78, 5) is 2.27. The SMILES string of the molecule is CCCCN(CC)CC(O)COCC. The van der Waals surface area contributed by atoms with Crippen molar-refractivity contribution >= 4 is 0 Å². The molecule has 14 heavy (non-hydrogen) atoms. The van der Waals surface area contributed by atoms with Crippen LogP contribution in [0.4, 0.5) is 0 Å². The maximum absolute atomic E-state index is 9.61. The van der Waals surface area contributed by atoms with Gasteiger partial charge in [-0.3, -0.25) is 0 Å². The molecule has 0 spiro atoms. The molecule has 3 heteroatoms. The summed E-state index contributed by atoms with van der Waals surface area (Å²) in [6.45, 7) is 10.2. The number of hydrogen-bond donors (Lipinski definition) is 1. The summed E-state index contributed by atoms with van der Waals surface area (Å²) in [5.41, 5.74) is 0. The first kappa shape index (κ1) is 13.9. The van der Waals surface area contributed by atoms with Gasteiger partial charge in [0.15, 0.2) is 0 Å². The Morgan fingerprint density at radius 3 is 2.50 bits per heavy atom. The van der Waals surface area contributed by atoms with Crippen molar-refractivity contribution in [3.05, 3.63) is 0 Å². The van der Waals surface area contributed by atoms with Gasteiger partial charge in [0.05, 0.1) is 12.7 Å². The van der Waals surface area contributed by atoms with E-state index in [2.05, 4.69) is 18.7 Å². The summed E-state index contributed by atoms with van der Waals surface area (Å²) in [5.74, 6) is 0. The van der Waals surface area contributed by atoms with Crippen LogP contribution in [0.15, 0.2) is 0 Å². The van der Waals surface area contributed by atoms with Crippen molar-refractivity contribution in [2.45, 2.75) is 39.7 Å². The van der Waals surface area contributed by atoms with Crippen LogP contribution >= 0.6 is 0 Å². The number of unbranched alkanes of at least 4 members (excludes halogenated alkanes) is 1. The van der Waals surface area contributed by atoms with Crippen molar-refractivity contribution < 1.29 is 9.84 Å². The fourth-order valence-electron chi connectivity index (χ4n) is 1.36. The van der Waals surface area contributed by atoms with Gasteiger partial charge in [-0.05, 0) is 26.4 Å². The van der Waals surface area contributed by atoms with Crippen LogP contribution < -0.4 is 0 Å². The summed E-state index contributed by atoms with van der Waals surface area (Å²) >= 11 is 0. The van der Waals surface area contributed by atoms with Gasteiger partial charge in [0.25, 0.3) is 0 Å². The summed E-state index contributed by atoms with van der Waals surface area (Å²) in [7, 11) is 0. The standard InChI is InChI=1S/C11H25NO2/c1-4-7-8-12(5-2)9-11(13)10-14-6-3/h11,13H,4-10H2,1-3H3. The molecule has 1 N–H and O–H groups in total. The van der Waals surface area contributed by atoms with E-state index in [9.17, 15) is 5.11 Å². The minimum absolute atomic E-state index is 0.341. The summed E-state index contributed by atoms with van der Waals surface area (Å²) in [6, 6.07) is 0. The lowest BCUT2D eigenvalue weighted by atomic mass is 10.3. The maximum atomic E-state index is 9.61. The van der Waals surface area contributed by atoms with E-state index >= 15 is 0 Å². The lowest BCUT2D eigenvalue weighted by molar-refractivity contribution is 0.0218. The molecule has 0 aromatic rings. The van der Waals surface area contributed by atoms with E-state index in [4.69, 9.17) is 4.74 Å². The number of aliphatic hydroxyl groups is 1. The van der Waals surface area contributed by atoms with Crippen molar-refractivity contribution in [3.8, 4) is 0 Å². The Morgan fingerprint density at radius 1 is 1.29 bits per heavy atom. The van der Waals surface area contributed by atoms with E-state index in [0.717, 1.165) is 19.6 Å². The van der Waals surface area contributed by atoms with Gasteiger partial charge in [0, 0.05) is 13.2 Å². The highest BCUT2D eigenvalue weighted by Crippen LogP contribution is 1.97. The molecule has 3 nitrogen and oxygen atoms in total. The summed E-state index contributed by atoms with van der Waals surface area (Å²) in [5, 5.41) is 9.61. The molecule has 0 aliphatic heterocycles. The molecule has 0 rings (SSSR count). The van der Waals surface area contributed by atoms with Crippen molar-refractivity contribution in [3.63, 3.8) is 0 Å². The Labute approximate surface area is 88.1 Å². The lowest BCUT2D eigenvalue weighted by Crippen LogP contribution is -2.35. The molecule has 86 valence electrons. The molecule has 0 saturated heterocycles. The smallest absolute Gasteiger partial charge is 0.0900 e. The van der Waals surface area contributed by atoms with Crippen molar-refractivity contribution in [2.75, 3.05) is 32.8 Å². The van der Waals surface area contributed by atoms with Gasteiger partial charge in [0.2, 0.25) is 0 Å². The number of aliphatic hydroxyl groups excluding tert-OH is 1. The second-order valence-electron chi connectivity index (χ2n) is 3.56. The molecule has 0 amide bonds. The Kier molecular flexibility index (Phi) is 9.35. The Bertz CT molecular complexity index is 120. The Balaban J connectivity index is 3.57. The van der Waals surface area contributed by atoms with Gasteiger partial charge in [0.1, 0.15) is 0 Å². The Hall–Kier alpha value is -0.120. The molecule has 0 bridgehead atoms. The van der Waals surface area contributed by atoms with Gasteiger partial charge in [-0.15, -0.1) is 0 Å². The number of hydrogen-bond acceptors (Lipinski definition) is 3. The molecule has 0 fully saturated rings. The van der Waals surface area contributed by atoms with Crippen LogP contribution in [-0.4, -0.2) is 49.0 Å². The highest BCUT2D eigenvalue weighted by Gasteiger charge is 2.09. The first-order valence-electron chi connectivity index (χ1n) is 5.72.